The zero-order valence-corrected chi connectivity index (χ0v) is 10.1. The normalized spacial score (nSPS) is 18.2. The lowest BCUT2D eigenvalue weighted by Crippen LogP contribution is -2.05. The van der Waals surface area contributed by atoms with Gasteiger partial charge in [0.05, 0.1) is 37.3 Å². The number of benzene rings is 1. The number of ether oxygens (including phenoxy) is 1. The van der Waals surface area contributed by atoms with Gasteiger partial charge in [-0.1, -0.05) is 12.1 Å². The molecular weight excluding hydrogens is 240 g/mol. The molecule has 0 bridgehead atoms. The van der Waals surface area contributed by atoms with E-state index in [-0.39, 0.29) is 0 Å². The standard InChI is InChI=1S/C14H8N4O/c1-19-11-4-2-10(3-5-11)12-13(6-15,7-16)14(12,8-17)9-18/h2-5,12H,1H3. The Morgan fingerprint density at radius 2 is 1.32 bits per heavy atom. The Kier molecular flexibility index (Phi) is 2.63. The maximum atomic E-state index is 9.19. The van der Waals surface area contributed by atoms with Crippen molar-refractivity contribution in [3.8, 4) is 30.0 Å². The Labute approximate surface area is 110 Å². The molecule has 1 fully saturated rings. The van der Waals surface area contributed by atoms with Crippen molar-refractivity contribution in [2.45, 2.75) is 5.92 Å². The van der Waals surface area contributed by atoms with Crippen LogP contribution in [0.15, 0.2) is 24.3 Å². The van der Waals surface area contributed by atoms with E-state index >= 15 is 0 Å². The highest BCUT2D eigenvalue weighted by molar-refractivity contribution is 5.59. The molecule has 0 aliphatic heterocycles. The van der Waals surface area contributed by atoms with Crippen molar-refractivity contribution in [3.63, 3.8) is 0 Å². The first-order chi connectivity index (χ1) is 9.15. The fourth-order valence-corrected chi connectivity index (χ4v) is 2.43. The predicted molar refractivity (Wildman–Crippen MR) is 63.1 cm³/mol. The molecule has 0 heterocycles. The molecule has 1 aliphatic rings. The summed E-state index contributed by atoms with van der Waals surface area (Å²) in [4.78, 5) is 0. The minimum atomic E-state index is -1.59. The van der Waals surface area contributed by atoms with Crippen LogP contribution < -0.4 is 4.74 Å². The monoisotopic (exact) mass is 248 g/mol. The van der Waals surface area contributed by atoms with Crippen LogP contribution in [0.5, 0.6) is 5.75 Å². The lowest BCUT2D eigenvalue weighted by Gasteiger charge is -2.02. The second kappa shape index (κ2) is 4.02. The lowest BCUT2D eigenvalue weighted by atomic mass is 9.98. The van der Waals surface area contributed by atoms with Crippen LogP contribution in [0.4, 0.5) is 0 Å². The predicted octanol–water partition coefficient (Wildman–Crippen LogP) is 1.86. The minimum Gasteiger partial charge on any atom is -0.497 e. The van der Waals surface area contributed by atoms with Crippen molar-refractivity contribution in [1.29, 1.82) is 21.0 Å². The zero-order valence-electron chi connectivity index (χ0n) is 10.1. The van der Waals surface area contributed by atoms with Gasteiger partial charge in [0.1, 0.15) is 5.75 Å². The lowest BCUT2D eigenvalue weighted by molar-refractivity contribution is 0.414. The Morgan fingerprint density at radius 3 is 1.63 bits per heavy atom. The minimum absolute atomic E-state index is 0.618. The van der Waals surface area contributed by atoms with Gasteiger partial charge in [-0.2, -0.15) is 21.0 Å². The average molecular weight is 248 g/mol. The summed E-state index contributed by atoms with van der Waals surface area (Å²) in [6, 6.07) is 14.0. The first kappa shape index (κ1) is 12.4. The molecule has 0 atom stereocenters. The van der Waals surface area contributed by atoms with Crippen molar-refractivity contribution < 1.29 is 4.74 Å². The van der Waals surface area contributed by atoms with E-state index in [0.717, 1.165) is 0 Å². The number of methoxy groups -OCH3 is 1. The molecule has 0 N–H and O–H groups in total. The van der Waals surface area contributed by atoms with Gasteiger partial charge in [0.25, 0.3) is 0 Å². The van der Waals surface area contributed by atoms with Gasteiger partial charge in [-0.05, 0) is 17.7 Å². The zero-order chi connectivity index (χ0) is 14.1. The van der Waals surface area contributed by atoms with Gasteiger partial charge in [0.2, 0.25) is 0 Å². The van der Waals surface area contributed by atoms with E-state index in [1.54, 1.807) is 24.3 Å². The fourth-order valence-electron chi connectivity index (χ4n) is 2.43. The van der Waals surface area contributed by atoms with Crippen molar-refractivity contribution in [3.05, 3.63) is 29.8 Å². The number of nitriles is 4. The van der Waals surface area contributed by atoms with Crippen LogP contribution in [-0.4, -0.2) is 7.11 Å². The molecule has 1 aliphatic carbocycles. The van der Waals surface area contributed by atoms with Crippen molar-refractivity contribution in [2.75, 3.05) is 7.11 Å². The first-order valence-corrected chi connectivity index (χ1v) is 5.44. The molecule has 1 aromatic carbocycles. The summed E-state index contributed by atoms with van der Waals surface area (Å²) < 4.78 is 5.02. The van der Waals surface area contributed by atoms with Gasteiger partial charge < -0.3 is 4.74 Å². The van der Waals surface area contributed by atoms with E-state index in [1.165, 1.54) is 7.11 Å². The van der Waals surface area contributed by atoms with E-state index < -0.39 is 16.7 Å². The number of rotatable bonds is 2. The molecule has 1 saturated carbocycles. The Bertz CT molecular complexity index is 613. The van der Waals surface area contributed by atoms with E-state index in [9.17, 15) is 21.0 Å². The third kappa shape index (κ3) is 1.30. The summed E-state index contributed by atoms with van der Waals surface area (Å²) in [6.07, 6.45) is 0. The van der Waals surface area contributed by atoms with Crippen LogP contribution in [0.25, 0.3) is 0 Å². The Balaban J connectivity index is 2.52. The number of hydrogen-bond donors (Lipinski definition) is 0. The van der Waals surface area contributed by atoms with Gasteiger partial charge in [0, 0.05) is 0 Å². The summed E-state index contributed by atoms with van der Waals surface area (Å²) in [5.74, 6) is -0.0839. The van der Waals surface area contributed by atoms with Crippen LogP contribution in [-0.2, 0) is 0 Å². The van der Waals surface area contributed by atoms with Crippen molar-refractivity contribution >= 4 is 0 Å². The molecule has 5 nitrogen and oxygen atoms in total. The number of nitrogens with zero attached hydrogens (tertiary/aromatic N) is 4. The SMILES string of the molecule is COc1ccc(C2C(C#N)(C#N)C2(C#N)C#N)cc1. The second-order valence-corrected chi connectivity index (χ2v) is 4.27. The molecule has 90 valence electrons. The third-order valence-electron chi connectivity index (χ3n) is 3.56. The molecule has 1 aromatic rings. The molecule has 0 aromatic heterocycles. The van der Waals surface area contributed by atoms with E-state index in [1.807, 2.05) is 24.3 Å². The van der Waals surface area contributed by atoms with Gasteiger partial charge in [-0.3, -0.25) is 0 Å². The fraction of sp³-hybridized carbons (Fsp3) is 0.286. The van der Waals surface area contributed by atoms with Gasteiger partial charge in [-0.25, -0.2) is 0 Å². The molecule has 2 rings (SSSR count). The van der Waals surface area contributed by atoms with Crippen molar-refractivity contribution in [1.82, 2.24) is 0 Å². The molecule has 0 saturated heterocycles. The van der Waals surface area contributed by atoms with Crippen molar-refractivity contribution in [2.24, 2.45) is 10.8 Å². The highest BCUT2D eigenvalue weighted by atomic mass is 16.5. The van der Waals surface area contributed by atoms with Gasteiger partial charge >= 0.3 is 0 Å². The summed E-state index contributed by atoms with van der Waals surface area (Å²) in [7, 11) is 1.52. The molecule has 5 heteroatoms. The smallest absolute Gasteiger partial charge is 0.185 e. The number of hydrogen-bond acceptors (Lipinski definition) is 5. The molecule has 0 spiro atoms. The Hall–Kier alpha value is -3.02. The van der Waals surface area contributed by atoms with Crippen LogP contribution >= 0.6 is 0 Å². The first-order valence-electron chi connectivity index (χ1n) is 5.44. The van der Waals surface area contributed by atoms with Crippen LogP contribution in [0.3, 0.4) is 0 Å². The van der Waals surface area contributed by atoms with Gasteiger partial charge in [0.15, 0.2) is 10.8 Å². The van der Waals surface area contributed by atoms with E-state index in [4.69, 9.17) is 4.74 Å². The summed E-state index contributed by atoms with van der Waals surface area (Å²) in [6.45, 7) is 0. The summed E-state index contributed by atoms with van der Waals surface area (Å²) >= 11 is 0. The molecule has 0 unspecified atom stereocenters. The topological polar surface area (TPSA) is 104 Å². The molecular formula is C14H8N4O. The molecule has 0 radical (unpaired) electrons. The third-order valence-corrected chi connectivity index (χ3v) is 3.56. The van der Waals surface area contributed by atoms with Crippen LogP contribution in [0, 0.1) is 56.2 Å². The largest absolute Gasteiger partial charge is 0.497 e. The maximum absolute atomic E-state index is 9.19. The highest BCUT2D eigenvalue weighted by Gasteiger charge is 2.81. The van der Waals surface area contributed by atoms with E-state index in [0.29, 0.717) is 11.3 Å². The van der Waals surface area contributed by atoms with E-state index in [2.05, 4.69) is 0 Å². The Morgan fingerprint density at radius 1 is 0.895 bits per heavy atom. The quantitative estimate of drug-likeness (QED) is 0.794. The highest BCUT2D eigenvalue weighted by Crippen LogP contribution is 2.73. The molecule has 19 heavy (non-hydrogen) atoms. The van der Waals surface area contributed by atoms with Gasteiger partial charge in [-0.15, -0.1) is 0 Å². The van der Waals surface area contributed by atoms with Crippen LogP contribution in [0.2, 0.25) is 0 Å². The summed E-state index contributed by atoms with van der Waals surface area (Å²) in [5, 5.41) is 36.7. The summed E-state index contributed by atoms with van der Waals surface area (Å²) in [5.41, 5.74) is -2.57. The van der Waals surface area contributed by atoms with Crippen LogP contribution in [0.1, 0.15) is 11.5 Å². The maximum Gasteiger partial charge on any atom is 0.185 e. The second-order valence-electron chi connectivity index (χ2n) is 4.27. The molecule has 0 amide bonds. The average Bonchev–Trinajstić information content (AvgIpc) is 3.10.